The number of carbonyl (C=O) groups excluding carboxylic acids is 1. The zero-order chi connectivity index (χ0) is 13.5. The maximum absolute atomic E-state index is 11.2. The minimum absolute atomic E-state index is 0.0821. The summed E-state index contributed by atoms with van der Waals surface area (Å²) in [7, 11) is 3.39. The fourth-order valence-corrected chi connectivity index (χ4v) is 1.51. The van der Waals surface area contributed by atoms with Crippen LogP contribution in [0.5, 0.6) is 5.75 Å². The standard InChI is InChI=1S/C12H18ClN3O2/c1-16(2)12(18)15-6-5-14-8-9-3-4-11(17)10(13)7-9/h3-4,7,14,17H,5-6,8H2,1-2H3,(H,15,18). The van der Waals surface area contributed by atoms with Crippen molar-refractivity contribution in [1.82, 2.24) is 15.5 Å². The number of phenols is 1. The first-order valence-corrected chi connectivity index (χ1v) is 6.01. The van der Waals surface area contributed by atoms with Gasteiger partial charge in [-0.15, -0.1) is 0 Å². The number of hydrogen-bond acceptors (Lipinski definition) is 3. The predicted octanol–water partition coefficient (Wildman–Crippen LogP) is 1.41. The molecule has 0 aromatic heterocycles. The molecule has 0 atom stereocenters. The quantitative estimate of drug-likeness (QED) is 0.710. The van der Waals surface area contributed by atoms with Crippen molar-refractivity contribution in [3.05, 3.63) is 28.8 Å². The molecule has 2 amide bonds. The average molecular weight is 272 g/mol. The van der Waals surface area contributed by atoms with Crippen molar-refractivity contribution in [3.63, 3.8) is 0 Å². The third kappa shape index (κ3) is 4.81. The summed E-state index contributed by atoms with van der Waals surface area (Å²) in [5.41, 5.74) is 0.983. The van der Waals surface area contributed by atoms with Crippen molar-refractivity contribution in [2.75, 3.05) is 27.2 Å². The van der Waals surface area contributed by atoms with E-state index in [4.69, 9.17) is 11.6 Å². The lowest BCUT2D eigenvalue weighted by Crippen LogP contribution is -2.38. The third-order valence-corrected chi connectivity index (χ3v) is 2.63. The van der Waals surface area contributed by atoms with Crippen LogP contribution in [0.1, 0.15) is 5.56 Å². The Morgan fingerprint density at radius 1 is 1.39 bits per heavy atom. The summed E-state index contributed by atoms with van der Waals surface area (Å²) in [5, 5.41) is 15.5. The largest absolute Gasteiger partial charge is 0.506 e. The van der Waals surface area contributed by atoms with Gasteiger partial charge in [0.05, 0.1) is 5.02 Å². The maximum atomic E-state index is 11.2. The van der Waals surface area contributed by atoms with Gasteiger partial charge in [0.15, 0.2) is 0 Å². The lowest BCUT2D eigenvalue weighted by Gasteiger charge is -2.12. The van der Waals surface area contributed by atoms with Gasteiger partial charge in [0.2, 0.25) is 0 Å². The van der Waals surface area contributed by atoms with E-state index in [0.717, 1.165) is 5.56 Å². The van der Waals surface area contributed by atoms with Crippen molar-refractivity contribution in [3.8, 4) is 5.75 Å². The van der Waals surface area contributed by atoms with Crippen molar-refractivity contribution >= 4 is 17.6 Å². The van der Waals surface area contributed by atoms with Gasteiger partial charge < -0.3 is 20.6 Å². The normalized spacial score (nSPS) is 10.2. The minimum Gasteiger partial charge on any atom is -0.506 e. The summed E-state index contributed by atoms with van der Waals surface area (Å²) in [6.07, 6.45) is 0. The van der Waals surface area contributed by atoms with E-state index in [0.29, 0.717) is 24.7 Å². The highest BCUT2D eigenvalue weighted by Crippen LogP contribution is 2.23. The van der Waals surface area contributed by atoms with Gasteiger partial charge in [0, 0.05) is 33.7 Å². The van der Waals surface area contributed by atoms with Gasteiger partial charge in [-0.3, -0.25) is 0 Å². The summed E-state index contributed by atoms with van der Waals surface area (Å²) >= 11 is 5.79. The zero-order valence-electron chi connectivity index (χ0n) is 10.5. The highest BCUT2D eigenvalue weighted by Gasteiger charge is 2.01. The Kier molecular flexibility index (Phi) is 5.74. The first-order valence-electron chi connectivity index (χ1n) is 5.64. The molecule has 0 fully saturated rings. The van der Waals surface area contributed by atoms with Crippen LogP contribution in [0.2, 0.25) is 5.02 Å². The number of phenolic OH excluding ortho intramolecular Hbond substituents is 1. The Morgan fingerprint density at radius 2 is 2.11 bits per heavy atom. The number of amides is 2. The van der Waals surface area contributed by atoms with Crippen molar-refractivity contribution in [2.45, 2.75) is 6.54 Å². The molecule has 0 aliphatic heterocycles. The molecule has 6 heteroatoms. The smallest absolute Gasteiger partial charge is 0.316 e. The van der Waals surface area contributed by atoms with Crippen LogP contribution >= 0.6 is 11.6 Å². The minimum atomic E-state index is -0.107. The van der Waals surface area contributed by atoms with Crippen molar-refractivity contribution in [1.29, 1.82) is 0 Å². The van der Waals surface area contributed by atoms with Crippen LogP contribution in [-0.2, 0) is 6.54 Å². The molecular weight excluding hydrogens is 254 g/mol. The highest BCUT2D eigenvalue weighted by atomic mass is 35.5. The molecular formula is C12H18ClN3O2. The Labute approximate surface area is 112 Å². The number of benzene rings is 1. The zero-order valence-corrected chi connectivity index (χ0v) is 11.3. The van der Waals surface area contributed by atoms with E-state index < -0.39 is 0 Å². The molecule has 1 rings (SSSR count). The van der Waals surface area contributed by atoms with E-state index in [2.05, 4.69) is 10.6 Å². The van der Waals surface area contributed by atoms with Crippen LogP contribution in [0.4, 0.5) is 4.79 Å². The Bertz CT molecular complexity index is 410. The van der Waals surface area contributed by atoms with Gasteiger partial charge in [-0.25, -0.2) is 4.79 Å². The van der Waals surface area contributed by atoms with Gasteiger partial charge in [0.25, 0.3) is 0 Å². The van der Waals surface area contributed by atoms with E-state index in [1.807, 2.05) is 0 Å². The second-order valence-electron chi connectivity index (χ2n) is 4.09. The molecule has 1 aromatic rings. The number of aromatic hydroxyl groups is 1. The number of urea groups is 1. The van der Waals surface area contributed by atoms with E-state index in [1.165, 1.54) is 4.90 Å². The van der Waals surface area contributed by atoms with E-state index >= 15 is 0 Å². The number of hydrogen-bond donors (Lipinski definition) is 3. The van der Waals surface area contributed by atoms with Gasteiger partial charge in [-0.05, 0) is 17.7 Å². The van der Waals surface area contributed by atoms with Crippen molar-refractivity contribution < 1.29 is 9.90 Å². The molecule has 100 valence electrons. The number of halogens is 1. The molecule has 5 nitrogen and oxygen atoms in total. The monoisotopic (exact) mass is 271 g/mol. The molecule has 1 aromatic carbocycles. The SMILES string of the molecule is CN(C)C(=O)NCCNCc1ccc(O)c(Cl)c1. The van der Waals surface area contributed by atoms with Crippen molar-refractivity contribution in [2.24, 2.45) is 0 Å². The molecule has 0 saturated heterocycles. The van der Waals surface area contributed by atoms with Crippen LogP contribution in [0, 0.1) is 0 Å². The van der Waals surface area contributed by atoms with Gasteiger partial charge in [-0.1, -0.05) is 17.7 Å². The summed E-state index contributed by atoms with van der Waals surface area (Å²) in [4.78, 5) is 12.7. The van der Waals surface area contributed by atoms with Crippen LogP contribution in [-0.4, -0.2) is 43.2 Å². The Hall–Kier alpha value is -1.46. The van der Waals surface area contributed by atoms with Crippen LogP contribution in [0.15, 0.2) is 18.2 Å². The van der Waals surface area contributed by atoms with Crippen LogP contribution < -0.4 is 10.6 Å². The maximum Gasteiger partial charge on any atom is 0.316 e. The first-order chi connectivity index (χ1) is 8.50. The molecule has 0 unspecified atom stereocenters. The summed E-state index contributed by atoms with van der Waals surface area (Å²) in [6.45, 7) is 1.86. The topological polar surface area (TPSA) is 64.6 Å². The molecule has 18 heavy (non-hydrogen) atoms. The molecule has 0 heterocycles. The number of rotatable bonds is 5. The fraction of sp³-hybridized carbons (Fsp3) is 0.417. The molecule has 0 spiro atoms. The lowest BCUT2D eigenvalue weighted by molar-refractivity contribution is 0.217. The van der Waals surface area contributed by atoms with Gasteiger partial charge in [0.1, 0.15) is 5.75 Å². The predicted molar refractivity (Wildman–Crippen MR) is 71.9 cm³/mol. The summed E-state index contributed by atoms with van der Waals surface area (Å²) in [5.74, 6) is 0.0821. The Balaban J connectivity index is 2.22. The van der Waals surface area contributed by atoms with E-state index in [9.17, 15) is 9.90 Å². The molecule has 0 saturated carbocycles. The third-order valence-electron chi connectivity index (χ3n) is 2.33. The molecule has 3 N–H and O–H groups in total. The number of nitrogens with one attached hydrogen (secondary N) is 2. The van der Waals surface area contributed by atoms with E-state index in [-0.39, 0.29) is 11.8 Å². The Morgan fingerprint density at radius 3 is 2.72 bits per heavy atom. The first kappa shape index (κ1) is 14.6. The summed E-state index contributed by atoms with van der Waals surface area (Å²) in [6, 6.07) is 4.96. The number of nitrogens with zero attached hydrogens (tertiary/aromatic N) is 1. The lowest BCUT2D eigenvalue weighted by atomic mass is 10.2. The summed E-state index contributed by atoms with van der Waals surface area (Å²) < 4.78 is 0. The van der Waals surface area contributed by atoms with E-state index in [1.54, 1.807) is 32.3 Å². The molecule has 0 aliphatic carbocycles. The average Bonchev–Trinajstić information content (AvgIpc) is 2.32. The fourth-order valence-electron chi connectivity index (χ4n) is 1.31. The second-order valence-corrected chi connectivity index (χ2v) is 4.50. The molecule has 0 bridgehead atoms. The highest BCUT2D eigenvalue weighted by molar-refractivity contribution is 6.32. The van der Waals surface area contributed by atoms with Gasteiger partial charge >= 0.3 is 6.03 Å². The second kappa shape index (κ2) is 7.08. The van der Waals surface area contributed by atoms with Crippen LogP contribution in [0.25, 0.3) is 0 Å². The number of carbonyl (C=O) groups is 1. The van der Waals surface area contributed by atoms with Gasteiger partial charge in [-0.2, -0.15) is 0 Å². The molecule has 0 aliphatic rings. The van der Waals surface area contributed by atoms with Crippen LogP contribution in [0.3, 0.4) is 0 Å². The molecule has 0 radical (unpaired) electrons.